The van der Waals surface area contributed by atoms with Crippen molar-refractivity contribution in [2.24, 2.45) is 0 Å². The number of fused-ring (bicyclic) bond motifs is 1. The topological polar surface area (TPSA) is 113 Å². The number of hydrogen-bond donors (Lipinski definition) is 1. The normalized spacial score (nSPS) is 17.6. The monoisotopic (exact) mass is 451 g/mol. The number of rotatable bonds is 5. The summed E-state index contributed by atoms with van der Waals surface area (Å²) in [6, 6.07) is 20.8. The molecule has 174 valence electrons. The predicted molar refractivity (Wildman–Crippen MR) is 121 cm³/mol. The van der Waals surface area contributed by atoms with Crippen LogP contribution < -0.4 is 10.8 Å². The van der Waals surface area contributed by atoms with Gasteiger partial charge in [-0.3, -0.25) is 0 Å². The van der Waals surface area contributed by atoms with Gasteiger partial charge in [0.05, 0.1) is 18.1 Å². The van der Waals surface area contributed by atoms with Gasteiger partial charge in [0.25, 0.3) is 0 Å². The number of carboxylic acid groups (broad SMARTS) is 1. The van der Waals surface area contributed by atoms with E-state index >= 15 is 0 Å². The Hall–Kier alpha value is -3.26. The summed E-state index contributed by atoms with van der Waals surface area (Å²) in [5.74, 6) is -2.86. The standard InChI is InChI=1S/C18H18O6.C8H11N/c1-18(2)23-10-13(24-18)9-22-17(21)15-8-12-6-4-3-5-11(12)7-14(15)16(19)20;1-7(9)8-5-3-2-4-6-8/h3-8,13H,9-10H2,1-2H3,(H,19,20);2-7H,9H2,1H3/t13-;7-/m11/s1. The van der Waals surface area contributed by atoms with E-state index < -0.39 is 17.7 Å². The zero-order valence-electron chi connectivity index (χ0n) is 19.1. The van der Waals surface area contributed by atoms with E-state index in [1.54, 1.807) is 32.0 Å². The van der Waals surface area contributed by atoms with Crippen molar-refractivity contribution in [2.75, 3.05) is 13.2 Å². The van der Waals surface area contributed by atoms with Crippen LogP contribution in [-0.2, 0) is 14.2 Å². The minimum atomic E-state index is -1.42. The molecule has 7 nitrogen and oxygen atoms in total. The van der Waals surface area contributed by atoms with Crippen molar-refractivity contribution >= 4 is 22.7 Å². The lowest BCUT2D eigenvalue weighted by molar-refractivity contribution is -0.420. The number of ether oxygens (including phenoxy) is 3. The first-order valence-electron chi connectivity index (χ1n) is 10.8. The van der Waals surface area contributed by atoms with Gasteiger partial charge in [-0.05, 0) is 43.7 Å². The molecule has 0 aromatic heterocycles. The molecule has 2 atom stereocenters. The number of carbonyl (C=O) groups is 2. The molecule has 3 aromatic carbocycles. The summed E-state index contributed by atoms with van der Waals surface area (Å²) in [6.07, 6.45) is -0.379. The van der Waals surface area contributed by atoms with Gasteiger partial charge in [0.15, 0.2) is 5.79 Å². The molecule has 0 radical (unpaired) electrons. The van der Waals surface area contributed by atoms with E-state index in [0.717, 1.165) is 5.39 Å². The Morgan fingerprint density at radius 3 is 2.12 bits per heavy atom. The van der Waals surface area contributed by atoms with Gasteiger partial charge in [-0.15, -0.1) is 0 Å². The van der Waals surface area contributed by atoms with Crippen LogP contribution in [0.2, 0.25) is 0 Å². The van der Waals surface area contributed by atoms with Crippen LogP contribution in [-0.4, -0.2) is 37.0 Å². The third kappa shape index (κ3) is 6.61. The number of esters is 1. The quantitative estimate of drug-likeness (QED) is 0.597. The van der Waals surface area contributed by atoms with Gasteiger partial charge in [-0.1, -0.05) is 54.6 Å². The van der Waals surface area contributed by atoms with E-state index in [0.29, 0.717) is 18.0 Å². The van der Waals surface area contributed by atoms with Crippen molar-refractivity contribution in [3.05, 3.63) is 83.4 Å². The molecule has 4 rings (SSSR count). The molecular formula is C26H29NO6. The third-order valence-corrected chi connectivity index (χ3v) is 5.16. The Balaban J connectivity index is 0.000000286. The molecule has 0 unspecified atom stereocenters. The summed E-state index contributed by atoms with van der Waals surface area (Å²) in [5.41, 5.74) is 4.98. The van der Waals surface area contributed by atoms with Crippen LogP contribution in [0.25, 0.3) is 10.8 Å². The zero-order valence-corrected chi connectivity index (χ0v) is 19.1. The van der Waals surface area contributed by atoms with E-state index in [-0.39, 0.29) is 23.8 Å². The van der Waals surface area contributed by atoms with Crippen molar-refractivity contribution < 1.29 is 34.6 Å². The van der Waals surface area contributed by atoms with Gasteiger partial charge in [0.2, 0.25) is 0 Å². The van der Waals surface area contributed by atoms with Crippen LogP contribution in [0.15, 0.2) is 66.7 Å². The van der Waals surface area contributed by atoms with Gasteiger partial charge in [0.1, 0.15) is 18.8 Å². The minimum Gasteiger partial charge on any atom is -0.545 e. The van der Waals surface area contributed by atoms with Crippen LogP contribution >= 0.6 is 0 Å². The lowest BCUT2D eigenvalue weighted by Crippen LogP contribution is -2.51. The smallest absolute Gasteiger partial charge is 0.338 e. The molecule has 0 bridgehead atoms. The van der Waals surface area contributed by atoms with Crippen molar-refractivity contribution in [3.8, 4) is 0 Å². The Labute approximate surface area is 193 Å². The molecule has 3 N–H and O–H groups in total. The molecule has 0 aliphatic carbocycles. The van der Waals surface area contributed by atoms with Crippen LogP contribution in [0.3, 0.4) is 0 Å². The maximum Gasteiger partial charge on any atom is 0.338 e. The molecule has 1 heterocycles. The summed E-state index contributed by atoms with van der Waals surface area (Å²) < 4.78 is 16.2. The maximum atomic E-state index is 12.3. The number of hydrogen-bond acceptors (Lipinski definition) is 6. The molecule has 0 spiro atoms. The molecule has 7 heteroatoms. The molecule has 0 saturated carbocycles. The average molecular weight is 452 g/mol. The number of quaternary nitrogens is 1. The maximum absolute atomic E-state index is 12.3. The molecule has 3 aromatic rings. The van der Waals surface area contributed by atoms with Crippen molar-refractivity contribution in [2.45, 2.75) is 38.7 Å². The highest BCUT2D eigenvalue weighted by Gasteiger charge is 2.33. The first-order chi connectivity index (χ1) is 15.7. The molecule has 1 aliphatic rings. The first-order valence-corrected chi connectivity index (χ1v) is 10.8. The fourth-order valence-corrected chi connectivity index (χ4v) is 3.45. The SMILES string of the molecule is CC1(C)OC[C@@H](COC(=O)c2cc3ccccc3cc2C(=O)[O-])O1.C[C@@H]([NH3+])c1ccccc1. The third-order valence-electron chi connectivity index (χ3n) is 5.16. The first kappa shape index (κ1) is 24.4. The van der Waals surface area contributed by atoms with Crippen LogP contribution in [0, 0.1) is 0 Å². The van der Waals surface area contributed by atoms with Gasteiger partial charge < -0.3 is 29.8 Å². The highest BCUT2D eigenvalue weighted by molar-refractivity contribution is 6.06. The fraction of sp³-hybridized carbons (Fsp3) is 0.308. The molecule has 1 fully saturated rings. The largest absolute Gasteiger partial charge is 0.545 e. The number of carbonyl (C=O) groups excluding carboxylic acids is 2. The second kappa shape index (κ2) is 10.6. The Bertz CT molecular complexity index is 1110. The van der Waals surface area contributed by atoms with Gasteiger partial charge in [-0.2, -0.15) is 0 Å². The van der Waals surface area contributed by atoms with E-state index in [4.69, 9.17) is 14.2 Å². The van der Waals surface area contributed by atoms with Crippen molar-refractivity contribution in [1.29, 1.82) is 0 Å². The molecule has 1 saturated heterocycles. The van der Waals surface area contributed by atoms with E-state index in [1.807, 2.05) is 24.3 Å². The molecular weight excluding hydrogens is 422 g/mol. The van der Waals surface area contributed by atoms with Gasteiger partial charge >= 0.3 is 5.97 Å². The lowest BCUT2D eigenvalue weighted by atomic mass is 10.0. The molecule has 0 amide bonds. The summed E-state index contributed by atoms with van der Waals surface area (Å²) in [6.45, 7) is 5.93. The summed E-state index contributed by atoms with van der Waals surface area (Å²) >= 11 is 0. The Morgan fingerprint density at radius 1 is 1.06 bits per heavy atom. The van der Waals surface area contributed by atoms with E-state index in [1.165, 1.54) is 17.7 Å². The van der Waals surface area contributed by atoms with E-state index in [9.17, 15) is 14.7 Å². The second-order valence-corrected chi connectivity index (χ2v) is 8.39. The highest BCUT2D eigenvalue weighted by Crippen LogP contribution is 2.24. The van der Waals surface area contributed by atoms with Gasteiger partial charge in [-0.25, -0.2) is 4.79 Å². The molecule has 33 heavy (non-hydrogen) atoms. The van der Waals surface area contributed by atoms with Crippen LogP contribution in [0.4, 0.5) is 0 Å². The number of benzene rings is 3. The Morgan fingerprint density at radius 2 is 1.64 bits per heavy atom. The molecule has 1 aliphatic heterocycles. The fourth-order valence-electron chi connectivity index (χ4n) is 3.45. The number of aromatic carboxylic acids is 1. The Kier molecular flexibility index (Phi) is 7.81. The van der Waals surface area contributed by atoms with Crippen LogP contribution in [0.1, 0.15) is 53.1 Å². The van der Waals surface area contributed by atoms with E-state index in [2.05, 4.69) is 24.8 Å². The van der Waals surface area contributed by atoms with Crippen LogP contribution in [0.5, 0.6) is 0 Å². The highest BCUT2D eigenvalue weighted by atomic mass is 16.7. The number of carboxylic acids is 1. The van der Waals surface area contributed by atoms with Crippen molar-refractivity contribution in [1.82, 2.24) is 0 Å². The minimum absolute atomic E-state index is 0.0123. The predicted octanol–water partition coefficient (Wildman–Crippen LogP) is 2.50. The second-order valence-electron chi connectivity index (χ2n) is 8.39. The summed E-state index contributed by atoms with van der Waals surface area (Å²) in [4.78, 5) is 23.7. The zero-order chi connectivity index (χ0) is 24.0. The van der Waals surface area contributed by atoms with Crippen molar-refractivity contribution in [3.63, 3.8) is 0 Å². The average Bonchev–Trinajstić information content (AvgIpc) is 3.16. The van der Waals surface area contributed by atoms with Gasteiger partial charge in [0, 0.05) is 11.1 Å². The summed E-state index contributed by atoms with van der Waals surface area (Å²) in [7, 11) is 0. The lowest BCUT2D eigenvalue weighted by Gasteiger charge is -2.17. The summed E-state index contributed by atoms with van der Waals surface area (Å²) in [5, 5.41) is 12.8.